The fraction of sp³-hybridized carbons (Fsp3) is 0.0385. The monoisotopic (exact) mass is 375 g/mol. The first-order chi connectivity index (χ1) is 14.3. The number of benzene rings is 4. The molecule has 5 rings (SSSR count). The Morgan fingerprint density at radius 2 is 1.41 bits per heavy atom. The summed E-state index contributed by atoms with van der Waals surface area (Å²) in [5.41, 5.74) is 2.68. The van der Waals surface area contributed by atoms with Gasteiger partial charge in [0.1, 0.15) is 5.69 Å². The number of ketones is 1. The van der Waals surface area contributed by atoms with Crippen molar-refractivity contribution in [3.8, 4) is 11.3 Å². The number of hydrogen-bond donors (Lipinski definition) is 0. The highest BCUT2D eigenvalue weighted by molar-refractivity contribution is 6.11. The van der Waals surface area contributed by atoms with Crippen LogP contribution in [0.25, 0.3) is 32.8 Å². The fourth-order valence-corrected chi connectivity index (χ4v) is 3.83. The quantitative estimate of drug-likeness (QED) is 0.245. The predicted octanol–water partition coefficient (Wildman–Crippen LogP) is 5.23. The lowest BCUT2D eigenvalue weighted by Crippen LogP contribution is -2.37. The topological polar surface area (TPSA) is 33.8 Å². The van der Waals surface area contributed by atoms with Gasteiger partial charge in [0.05, 0.1) is 6.20 Å². The van der Waals surface area contributed by atoms with E-state index in [0.717, 1.165) is 22.0 Å². The summed E-state index contributed by atoms with van der Waals surface area (Å²) in [5, 5.41) is 4.68. The number of aromatic nitrogens is 2. The minimum Gasteiger partial charge on any atom is -0.287 e. The average Bonchev–Trinajstić information content (AvgIpc) is 2.78. The average molecular weight is 375 g/mol. The fourth-order valence-electron chi connectivity index (χ4n) is 3.83. The molecule has 0 aliphatic heterocycles. The summed E-state index contributed by atoms with van der Waals surface area (Å²) >= 11 is 0. The molecule has 0 amide bonds. The maximum absolute atomic E-state index is 12.6. The van der Waals surface area contributed by atoms with Crippen molar-refractivity contribution < 1.29 is 9.36 Å². The Bertz CT molecular complexity index is 1290. The van der Waals surface area contributed by atoms with E-state index in [-0.39, 0.29) is 12.3 Å². The maximum Gasteiger partial charge on any atom is 0.227 e. The van der Waals surface area contributed by atoms with Crippen molar-refractivity contribution in [1.82, 2.24) is 4.98 Å². The third kappa shape index (κ3) is 3.27. The van der Waals surface area contributed by atoms with Crippen molar-refractivity contribution in [2.24, 2.45) is 0 Å². The molecule has 0 atom stereocenters. The molecule has 0 aliphatic rings. The van der Waals surface area contributed by atoms with Gasteiger partial charge in [-0.25, -0.2) is 4.98 Å². The Hall–Kier alpha value is -3.85. The zero-order valence-electron chi connectivity index (χ0n) is 15.8. The highest BCUT2D eigenvalue weighted by atomic mass is 16.1. The van der Waals surface area contributed by atoms with Crippen LogP contribution in [0.5, 0.6) is 0 Å². The second-order valence-corrected chi connectivity index (χ2v) is 7.10. The van der Waals surface area contributed by atoms with Crippen LogP contribution in [0.2, 0.25) is 0 Å². The summed E-state index contributed by atoms with van der Waals surface area (Å²) < 4.78 is 1.91. The van der Waals surface area contributed by atoms with E-state index in [1.807, 2.05) is 47.3 Å². The Morgan fingerprint density at radius 1 is 0.793 bits per heavy atom. The molecule has 5 aromatic rings. The Kier molecular flexibility index (Phi) is 4.34. The zero-order chi connectivity index (χ0) is 19.6. The van der Waals surface area contributed by atoms with Gasteiger partial charge in [0, 0.05) is 11.1 Å². The molecule has 1 aromatic heterocycles. The first-order valence-corrected chi connectivity index (χ1v) is 9.64. The zero-order valence-corrected chi connectivity index (χ0v) is 15.8. The van der Waals surface area contributed by atoms with Crippen LogP contribution in [0.4, 0.5) is 0 Å². The van der Waals surface area contributed by atoms with Gasteiger partial charge in [0.2, 0.25) is 12.3 Å². The Morgan fingerprint density at radius 3 is 2.10 bits per heavy atom. The highest BCUT2D eigenvalue weighted by Gasteiger charge is 2.16. The third-order valence-electron chi connectivity index (χ3n) is 5.21. The van der Waals surface area contributed by atoms with Gasteiger partial charge in [0.15, 0.2) is 12.4 Å². The number of carbonyl (C=O) groups excluding carboxylic acids is 1. The number of rotatable bonds is 4. The van der Waals surface area contributed by atoms with E-state index in [0.29, 0.717) is 5.56 Å². The summed E-state index contributed by atoms with van der Waals surface area (Å²) in [6, 6.07) is 28.3. The van der Waals surface area contributed by atoms with E-state index in [1.165, 1.54) is 10.8 Å². The van der Waals surface area contributed by atoms with Gasteiger partial charge < -0.3 is 0 Å². The van der Waals surface area contributed by atoms with Crippen LogP contribution in [-0.2, 0) is 6.54 Å². The molecule has 4 aromatic carbocycles. The largest absolute Gasteiger partial charge is 0.287 e. The maximum atomic E-state index is 12.6. The summed E-state index contributed by atoms with van der Waals surface area (Å²) in [5.74, 6) is 0.0792. The Balaban J connectivity index is 1.64. The van der Waals surface area contributed by atoms with Crippen molar-refractivity contribution in [2.45, 2.75) is 6.54 Å². The number of Topliss-reactive ketones (excluding diaryl/α,β-unsaturated/α-hetero) is 1. The van der Waals surface area contributed by atoms with Crippen LogP contribution in [-0.4, -0.2) is 10.8 Å². The predicted molar refractivity (Wildman–Crippen MR) is 116 cm³/mol. The van der Waals surface area contributed by atoms with E-state index in [1.54, 1.807) is 6.20 Å². The van der Waals surface area contributed by atoms with Crippen LogP contribution >= 0.6 is 0 Å². The summed E-state index contributed by atoms with van der Waals surface area (Å²) in [6.07, 6.45) is 5.58. The summed E-state index contributed by atoms with van der Waals surface area (Å²) in [4.78, 5) is 17.3. The SMILES string of the molecule is O=C(C[n+]1ccnc(-c2c3ccccc3cc3ccccc23)c1)c1ccccc1. The van der Waals surface area contributed by atoms with Crippen molar-refractivity contribution in [2.75, 3.05) is 0 Å². The van der Waals surface area contributed by atoms with Crippen molar-refractivity contribution in [3.05, 3.63) is 109 Å². The minimum atomic E-state index is 0.0792. The van der Waals surface area contributed by atoms with Crippen molar-refractivity contribution >= 4 is 27.3 Å². The second kappa shape index (κ2) is 7.28. The van der Waals surface area contributed by atoms with Crippen LogP contribution in [0.1, 0.15) is 10.4 Å². The van der Waals surface area contributed by atoms with E-state index >= 15 is 0 Å². The molecule has 3 heteroatoms. The van der Waals surface area contributed by atoms with Crippen LogP contribution in [0.3, 0.4) is 0 Å². The molecule has 0 unspecified atom stereocenters. The van der Waals surface area contributed by atoms with Crippen LogP contribution < -0.4 is 4.57 Å². The van der Waals surface area contributed by atoms with Crippen LogP contribution in [0, 0.1) is 0 Å². The molecule has 0 aliphatic carbocycles. The van der Waals surface area contributed by atoms with Gasteiger partial charge >= 0.3 is 0 Å². The normalized spacial score (nSPS) is 11.0. The lowest BCUT2D eigenvalue weighted by molar-refractivity contribution is -0.683. The standard InChI is InChI=1S/C26H19N2O/c29-25(19-8-2-1-3-9-19)18-28-15-14-27-24(17-28)26-22-12-6-4-10-20(22)16-21-11-5-7-13-23(21)26/h1-17H,18H2/q+1. The van der Waals surface area contributed by atoms with Crippen LogP contribution in [0.15, 0.2) is 104 Å². The molecule has 0 fully saturated rings. The molecular formula is C26H19N2O+. The first kappa shape index (κ1) is 17.3. The number of hydrogen-bond acceptors (Lipinski definition) is 2. The molecule has 0 bridgehead atoms. The third-order valence-corrected chi connectivity index (χ3v) is 5.21. The van der Waals surface area contributed by atoms with Gasteiger partial charge in [-0.2, -0.15) is 4.57 Å². The summed E-state index contributed by atoms with van der Waals surface area (Å²) in [6.45, 7) is 0.280. The molecule has 1 heterocycles. The smallest absolute Gasteiger partial charge is 0.227 e. The molecule has 29 heavy (non-hydrogen) atoms. The molecule has 0 saturated carbocycles. The number of carbonyl (C=O) groups is 1. The molecule has 0 saturated heterocycles. The van der Waals surface area contributed by atoms with Crippen molar-refractivity contribution in [3.63, 3.8) is 0 Å². The van der Waals surface area contributed by atoms with E-state index in [4.69, 9.17) is 0 Å². The van der Waals surface area contributed by atoms with Gasteiger partial charge in [-0.3, -0.25) is 4.79 Å². The minimum absolute atomic E-state index is 0.0792. The first-order valence-electron chi connectivity index (χ1n) is 9.64. The summed E-state index contributed by atoms with van der Waals surface area (Å²) in [7, 11) is 0. The molecule has 3 nitrogen and oxygen atoms in total. The van der Waals surface area contributed by atoms with Gasteiger partial charge in [-0.15, -0.1) is 0 Å². The van der Waals surface area contributed by atoms with E-state index in [9.17, 15) is 4.79 Å². The van der Waals surface area contributed by atoms with E-state index < -0.39 is 0 Å². The second-order valence-electron chi connectivity index (χ2n) is 7.10. The van der Waals surface area contributed by atoms with Gasteiger partial charge in [0.25, 0.3) is 0 Å². The number of nitrogens with zero attached hydrogens (tertiary/aromatic N) is 2. The highest BCUT2D eigenvalue weighted by Crippen LogP contribution is 2.34. The number of fused-ring (bicyclic) bond motifs is 2. The van der Waals surface area contributed by atoms with Gasteiger partial charge in [-0.1, -0.05) is 78.9 Å². The van der Waals surface area contributed by atoms with Crippen molar-refractivity contribution in [1.29, 1.82) is 0 Å². The molecule has 0 N–H and O–H groups in total. The Labute approximate surface area is 168 Å². The molecular weight excluding hydrogens is 356 g/mol. The molecule has 138 valence electrons. The molecule has 0 spiro atoms. The lowest BCUT2D eigenvalue weighted by atomic mass is 9.95. The van der Waals surface area contributed by atoms with Gasteiger partial charge in [-0.05, 0) is 27.6 Å². The molecule has 0 radical (unpaired) electrons. The lowest BCUT2D eigenvalue weighted by Gasteiger charge is -2.10. The van der Waals surface area contributed by atoms with E-state index in [2.05, 4.69) is 59.6 Å².